The summed E-state index contributed by atoms with van der Waals surface area (Å²) in [6.07, 6.45) is 3.60. The van der Waals surface area contributed by atoms with E-state index in [1.165, 1.54) is 39.2 Å². The Hall–Kier alpha value is -2.78. The maximum absolute atomic E-state index is 13.4. The van der Waals surface area contributed by atoms with Gasteiger partial charge in [0.05, 0.1) is 24.8 Å². The zero-order valence-corrected chi connectivity index (χ0v) is 20.9. The Bertz CT molecular complexity index is 1150. The highest BCUT2D eigenvalue weighted by atomic mass is 32.2. The van der Waals surface area contributed by atoms with Gasteiger partial charge in [0.1, 0.15) is 0 Å². The van der Waals surface area contributed by atoms with Gasteiger partial charge in [-0.05, 0) is 68.5 Å². The van der Waals surface area contributed by atoms with Gasteiger partial charge in [-0.15, -0.1) is 0 Å². The van der Waals surface area contributed by atoms with Gasteiger partial charge in [-0.1, -0.05) is 6.07 Å². The van der Waals surface area contributed by atoms with Crippen molar-refractivity contribution >= 4 is 21.6 Å². The number of anilines is 1. The summed E-state index contributed by atoms with van der Waals surface area (Å²) in [7, 11) is -0.952. The minimum absolute atomic E-state index is 0.0459. The number of carbonyl (C=O) groups is 1. The van der Waals surface area contributed by atoms with E-state index in [1.54, 1.807) is 31.2 Å². The van der Waals surface area contributed by atoms with Gasteiger partial charge in [0.15, 0.2) is 11.5 Å². The fraction of sp³-hybridized carbons (Fsp3) is 0.480. The maximum Gasteiger partial charge on any atom is 0.262 e. The summed E-state index contributed by atoms with van der Waals surface area (Å²) in [5, 5.41) is 0. The van der Waals surface area contributed by atoms with E-state index in [2.05, 4.69) is 9.62 Å². The Kier molecular flexibility index (Phi) is 7.33. The number of rotatable bonds is 8. The first-order valence-electron chi connectivity index (χ1n) is 11.7. The average Bonchev–Trinajstić information content (AvgIpc) is 3.67. The van der Waals surface area contributed by atoms with Crippen LogP contribution in [-0.2, 0) is 10.0 Å². The molecule has 1 saturated heterocycles. The van der Waals surface area contributed by atoms with Crippen LogP contribution in [0.1, 0.15) is 35.2 Å². The van der Waals surface area contributed by atoms with Crippen LogP contribution in [0.3, 0.4) is 0 Å². The van der Waals surface area contributed by atoms with E-state index in [0.29, 0.717) is 41.4 Å². The number of benzene rings is 2. The predicted molar refractivity (Wildman–Crippen MR) is 131 cm³/mol. The molecular weight excluding hydrogens is 454 g/mol. The molecule has 0 spiro atoms. The molecule has 2 aromatic carbocycles. The lowest BCUT2D eigenvalue weighted by Gasteiger charge is -2.23. The third kappa shape index (κ3) is 5.47. The van der Waals surface area contributed by atoms with E-state index in [9.17, 15) is 13.2 Å². The van der Waals surface area contributed by atoms with Crippen LogP contribution in [0, 0.1) is 12.8 Å². The molecule has 4 rings (SSSR count). The monoisotopic (exact) mass is 487 g/mol. The molecule has 2 aromatic rings. The second-order valence-electron chi connectivity index (χ2n) is 8.99. The quantitative estimate of drug-likeness (QED) is 0.614. The molecule has 0 unspecified atom stereocenters. The number of nitrogens with zero attached hydrogens (tertiary/aromatic N) is 2. The predicted octanol–water partition coefficient (Wildman–Crippen LogP) is 3.37. The van der Waals surface area contributed by atoms with Crippen molar-refractivity contribution in [1.82, 2.24) is 9.80 Å². The van der Waals surface area contributed by atoms with Gasteiger partial charge in [0.2, 0.25) is 0 Å². The van der Waals surface area contributed by atoms with Gasteiger partial charge >= 0.3 is 0 Å². The normalized spacial score (nSPS) is 17.2. The molecule has 1 aliphatic carbocycles. The van der Waals surface area contributed by atoms with Crippen LogP contribution in [0.2, 0.25) is 0 Å². The van der Waals surface area contributed by atoms with Gasteiger partial charge in [-0.2, -0.15) is 0 Å². The van der Waals surface area contributed by atoms with Crippen molar-refractivity contribution in [3.8, 4) is 11.5 Å². The van der Waals surface area contributed by atoms with Gasteiger partial charge in [-0.25, -0.2) is 8.42 Å². The van der Waals surface area contributed by atoms with Crippen molar-refractivity contribution < 1.29 is 22.7 Å². The SMILES string of the molecule is COc1ccc(S(=O)(=O)Nc2cccc(C(=O)N3CCCN(CC4CC4)CC3)c2C)cc1OC. The highest BCUT2D eigenvalue weighted by Crippen LogP contribution is 2.32. The summed E-state index contributed by atoms with van der Waals surface area (Å²) in [5.74, 6) is 1.54. The largest absolute Gasteiger partial charge is 0.493 e. The lowest BCUT2D eigenvalue weighted by molar-refractivity contribution is 0.0760. The summed E-state index contributed by atoms with van der Waals surface area (Å²) in [6, 6.07) is 9.56. The molecular formula is C25H33N3O5S. The Morgan fingerprint density at radius 2 is 1.79 bits per heavy atom. The molecule has 0 atom stereocenters. The Morgan fingerprint density at radius 1 is 1.03 bits per heavy atom. The first-order chi connectivity index (χ1) is 16.3. The summed E-state index contributed by atoms with van der Waals surface area (Å²) in [5.41, 5.74) is 1.50. The number of nitrogens with one attached hydrogen (secondary N) is 1. The first kappa shape index (κ1) is 24.3. The van der Waals surface area contributed by atoms with Crippen LogP contribution >= 0.6 is 0 Å². The fourth-order valence-corrected chi connectivity index (χ4v) is 5.50. The molecule has 8 nitrogen and oxygen atoms in total. The fourth-order valence-electron chi connectivity index (χ4n) is 4.36. The van der Waals surface area contributed by atoms with Crippen molar-refractivity contribution in [3.05, 3.63) is 47.5 Å². The molecule has 1 saturated carbocycles. The molecule has 184 valence electrons. The van der Waals surface area contributed by atoms with Gasteiger partial charge in [-0.3, -0.25) is 9.52 Å². The lowest BCUT2D eigenvalue weighted by Crippen LogP contribution is -2.36. The van der Waals surface area contributed by atoms with Crippen LogP contribution < -0.4 is 14.2 Å². The van der Waals surface area contributed by atoms with Crippen LogP contribution in [0.25, 0.3) is 0 Å². The Balaban J connectivity index is 1.50. The van der Waals surface area contributed by atoms with E-state index in [-0.39, 0.29) is 10.8 Å². The maximum atomic E-state index is 13.4. The Morgan fingerprint density at radius 3 is 2.50 bits per heavy atom. The molecule has 1 N–H and O–H groups in total. The first-order valence-corrected chi connectivity index (χ1v) is 13.2. The smallest absolute Gasteiger partial charge is 0.262 e. The molecule has 34 heavy (non-hydrogen) atoms. The van der Waals surface area contributed by atoms with E-state index in [0.717, 1.165) is 32.0 Å². The second-order valence-corrected chi connectivity index (χ2v) is 10.7. The number of hydrogen-bond acceptors (Lipinski definition) is 6. The van der Waals surface area contributed by atoms with E-state index in [4.69, 9.17) is 9.47 Å². The highest BCUT2D eigenvalue weighted by molar-refractivity contribution is 7.92. The number of carbonyl (C=O) groups excluding carboxylic acids is 1. The molecule has 2 aliphatic rings. The van der Waals surface area contributed by atoms with Crippen LogP contribution in [0.4, 0.5) is 5.69 Å². The minimum Gasteiger partial charge on any atom is -0.493 e. The standard InChI is InChI=1S/C25H33N3O5S/c1-18-21(25(29)28-13-5-12-27(14-15-28)17-19-8-9-19)6-4-7-22(18)26-34(30,31)20-10-11-23(32-2)24(16-20)33-3/h4,6-7,10-11,16,19,26H,5,8-9,12-15,17H2,1-3H3. The molecule has 1 heterocycles. The zero-order chi connectivity index (χ0) is 24.3. The van der Waals surface area contributed by atoms with E-state index < -0.39 is 10.0 Å². The highest BCUT2D eigenvalue weighted by Gasteiger charge is 2.27. The van der Waals surface area contributed by atoms with Gasteiger partial charge in [0, 0.05) is 37.8 Å². The molecule has 2 fully saturated rings. The third-order valence-corrected chi connectivity index (χ3v) is 7.93. The number of ether oxygens (including phenoxy) is 2. The van der Waals surface area contributed by atoms with Gasteiger partial charge in [0.25, 0.3) is 15.9 Å². The summed E-state index contributed by atoms with van der Waals surface area (Å²) < 4.78 is 39.2. The van der Waals surface area contributed by atoms with Crippen molar-refractivity contribution in [2.75, 3.05) is 51.7 Å². The van der Waals surface area contributed by atoms with Crippen molar-refractivity contribution in [2.45, 2.75) is 31.1 Å². The van der Waals surface area contributed by atoms with Crippen LogP contribution in [-0.4, -0.2) is 71.1 Å². The molecule has 1 amide bonds. The van der Waals surface area contributed by atoms with Crippen LogP contribution in [0.5, 0.6) is 11.5 Å². The molecule has 9 heteroatoms. The third-order valence-electron chi connectivity index (χ3n) is 6.56. The molecule has 0 aromatic heterocycles. The Labute approximate surface area is 201 Å². The van der Waals surface area contributed by atoms with Crippen molar-refractivity contribution in [1.29, 1.82) is 0 Å². The minimum atomic E-state index is -3.90. The molecule has 0 bridgehead atoms. The van der Waals surface area contributed by atoms with Gasteiger partial charge < -0.3 is 19.3 Å². The second kappa shape index (κ2) is 10.2. The van der Waals surface area contributed by atoms with E-state index >= 15 is 0 Å². The summed E-state index contributed by atoms with van der Waals surface area (Å²) in [6.45, 7) is 6.20. The van der Waals surface area contributed by atoms with Crippen molar-refractivity contribution in [2.24, 2.45) is 5.92 Å². The van der Waals surface area contributed by atoms with Crippen LogP contribution in [0.15, 0.2) is 41.3 Å². The summed E-state index contributed by atoms with van der Waals surface area (Å²) >= 11 is 0. The number of methoxy groups -OCH3 is 2. The molecule has 0 radical (unpaired) electrons. The number of sulfonamides is 1. The zero-order valence-electron chi connectivity index (χ0n) is 20.0. The molecule has 1 aliphatic heterocycles. The van der Waals surface area contributed by atoms with E-state index in [1.807, 2.05) is 4.90 Å². The number of hydrogen-bond donors (Lipinski definition) is 1. The number of amides is 1. The summed E-state index contributed by atoms with van der Waals surface area (Å²) in [4.78, 5) is 17.8. The topological polar surface area (TPSA) is 88.2 Å². The average molecular weight is 488 g/mol. The van der Waals surface area contributed by atoms with Crippen molar-refractivity contribution in [3.63, 3.8) is 0 Å². The lowest BCUT2D eigenvalue weighted by atomic mass is 10.1.